The monoisotopic (exact) mass is 308 g/mol. The van der Waals surface area contributed by atoms with Crippen molar-refractivity contribution < 1.29 is 4.79 Å². The molecule has 2 aromatic rings. The van der Waals surface area contributed by atoms with Gasteiger partial charge in [0.25, 0.3) is 5.91 Å². The van der Waals surface area contributed by atoms with Gasteiger partial charge in [-0.1, -0.05) is 4.49 Å². The van der Waals surface area contributed by atoms with Gasteiger partial charge >= 0.3 is 0 Å². The lowest BCUT2D eigenvalue weighted by molar-refractivity contribution is 0.0777. The normalized spacial score (nSPS) is 17.8. The Hall–Kier alpha value is -1.34. The van der Waals surface area contributed by atoms with E-state index in [1.807, 2.05) is 7.05 Å². The van der Waals surface area contributed by atoms with Crippen LogP contribution in [-0.4, -0.2) is 39.0 Å². The van der Waals surface area contributed by atoms with Crippen LogP contribution in [0.1, 0.15) is 44.8 Å². The zero-order valence-corrected chi connectivity index (χ0v) is 13.1. The number of hydrogen-bond acceptors (Lipinski definition) is 6. The second-order valence-electron chi connectivity index (χ2n) is 5.11. The molecule has 0 fully saturated rings. The lowest BCUT2D eigenvalue weighted by Gasteiger charge is -2.26. The maximum atomic E-state index is 12.2. The number of carbonyl (C=O) groups excluding carboxylic acids is 1. The van der Waals surface area contributed by atoms with E-state index >= 15 is 0 Å². The van der Waals surface area contributed by atoms with Crippen molar-refractivity contribution in [2.45, 2.75) is 32.1 Å². The molecule has 3 rings (SSSR count). The van der Waals surface area contributed by atoms with E-state index in [9.17, 15) is 4.79 Å². The van der Waals surface area contributed by atoms with Crippen molar-refractivity contribution in [2.75, 3.05) is 13.6 Å². The number of carbonyl (C=O) groups is 1. The molecule has 2 heterocycles. The van der Waals surface area contributed by atoms with Crippen molar-refractivity contribution >= 4 is 28.8 Å². The number of rotatable bonds is 3. The van der Waals surface area contributed by atoms with Gasteiger partial charge in [0.1, 0.15) is 0 Å². The summed E-state index contributed by atoms with van der Waals surface area (Å²) >= 11 is 3.00. The SMILES string of the molecule is Cc1nc2c(s1)CCCC2CN(C)C(=O)c1csnn1. The molecular weight excluding hydrogens is 292 g/mol. The van der Waals surface area contributed by atoms with E-state index in [0.717, 1.165) is 17.8 Å². The number of likely N-dealkylation sites (N-methyl/N-ethyl adjacent to an activating group) is 1. The molecule has 0 aliphatic heterocycles. The summed E-state index contributed by atoms with van der Waals surface area (Å²) in [5.74, 6) is 0.294. The summed E-state index contributed by atoms with van der Waals surface area (Å²) in [6, 6.07) is 0. The first-order valence-corrected chi connectivity index (χ1v) is 8.29. The lowest BCUT2D eigenvalue weighted by atomic mass is 9.90. The van der Waals surface area contributed by atoms with E-state index in [4.69, 9.17) is 0 Å². The second kappa shape index (κ2) is 5.57. The van der Waals surface area contributed by atoms with E-state index in [-0.39, 0.29) is 5.91 Å². The van der Waals surface area contributed by atoms with Crippen LogP contribution >= 0.6 is 22.9 Å². The average molecular weight is 308 g/mol. The number of fused-ring (bicyclic) bond motifs is 1. The fraction of sp³-hybridized carbons (Fsp3) is 0.538. The number of hydrogen-bond donors (Lipinski definition) is 0. The number of nitrogens with zero attached hydrogens (tertiary/aromatic N) is 4. The molecule has 0 saturated carbocycles. The summed E-state index contributed by atoms with van der Waals surface area (Å²) in [5.41, 5.74) is 1.64. The van der Waals surface area contributed by atoms with Crippen LogP contribution in [0, 0.1) is 6.92 Å². The van der Waals surface area contributed by atoms with Gasteiger partial charge in [-0.05, 0) is 37.7 Å². The summed E-state index contributed by atoms with van der Waals surface area (Å²) in [4.78, 5) is 20.0. The minimum atomic E-state index is -0.0576. The fourth-order valence-corrected chi connectivity index (χ4v) is 4.17. The molecule has 20 heavy (non-hydrogen) atoms. The van der Waals surface area contributed by atoms with Crippen LogP contribution in [0.25, 0.3) is 0 Å². The first-order valence-electron chi connectivity index (χ1n) is 6.64. The van der Waals surface area contributed by atoms with Crippen LogP contribution in [0.5, 0.6) is 0 Å². The Labute approximate surface area is 125 Å². The molecule has 7 heteroatoms. The second-order valence-corrected chi connectivity index (χ2v) is 7.00. The molecule has 0 aromatic carbocycles. The Morgan fingerprint density at radius 1 is 1.55 bits per heavy atom. The standard InChI is InChI=1S/C13H16N4OS2/c1-8-14-12-9(4-3-5-11(12)20-8)6-17(2)13(18)10-7-19-16-15-10/h7,9H,3-6H2,1-2H3. The lowest BCUT2D eigenvalue weighted by Crippen LogP contribution is -2.32. The first-order chi connectivity index (χ1) is 9.65. The largest absolute Gasteiger partial charge is 0.340 e. The molecule has 0 bridgehead atoms. The van der Waals surface area contributed by atoms with Crippen molar-refractivity contribution in [3.8, 4) is 0 Å². The molecule has 1 aliphatic carbocycles. The van der Waals surface area contributed by atoms with E-state index in [1.165, 1.54) is 28.5 Å². The maximum absolute atomic E-state index is 12.2. The van der Waals surface area contributed by atoms with Gasteiger partial charge < -0.3 is 4.90 Å². The number of amides is 1. The number of aromatic nitrogens is 3. The first kappa shape index (κ1) is 13.6. The highest BCUT2D eigenvalue weighted by atomic mass is 32.1. The van der Waals surface area contributed by atoms with Crippen LogP contribution in [-0.2, 0) is 6.42 Å². The molecule has 0 radical (unpaired) electrons. The Morgan fingerprint density at radius 3 is 3.15 bits per heavy atom. The Balaban J connectivity index is 1.74. The predicted molar refractivity (Wildman–Crippen MR) is 79.4 cm³/mol. The molecule has 2 aromatic heterocycles. The van der Waals surface area contributed by atoms with Crippen molar-refractivity contribution in [1.29, 1.82) is 0 Å². The van der Waals surface area contributed by atoms with E-state index in [2.05, 4.69) is 21.5 Å². The molecule has 106 valence electrons. The summed E-state index contributed by atoms with van der Waals surface area (Å²) in [6.45, 7) is 2.75. The average Bonchev–Trinajstić information content (AvgIpc) is 3.06. The zero-order valence-electron chi connectivity index (χ0n) is 11.5. The molecular formula is C13H16N4OS2. The van der Waals surface area contributed by atoms with Crippen molar-refractivity contribution in [3.05, 3.63) is 26.7 Å². The van der Waals surface area contributed by atoms with Gasteiger partial charge in [-0.3, -0.25) is 4.79 Å². The van der Waals surface area contributed by atoms with Gasteiger partial charge in [-0.15, -0.1) is 16.4 Å². The summed E-state index contributed by atoms with van der Waals surface area (Å²) in [5, 5.41) is 6.66. The van der Waals surface area contributed by atoms with Crippen LogP contribution in [0.15, 0.2) is 5.38 Å². The topological polar surface area (TPSA) is 59.0 Å². The van der Waals surface area contributed by atoms with Crippen LogP contribution in [0.4, 0.5) is 0 Å². The zero-order chi connectivity index (χ0) is 14.1. The minimum Gasteiger partial charge on any atom is -0.340 e. The third-order valence-corrected chi connectivity index (χ3v) is 5.15. The predicted octanol–water partition coefficient (Wildman–Crippen LogP) is 2.50. The van der Waals surface area contributed by atoms with Crippen molar-refractivity contribution in [2.24, 2.45) is 0 Å². The maximum Gasteiger partial charge on any atom is 0.275 e. The molecule has 5 nitrogen and oxygen atoms in total. The van der Waals surface area contributed by atoms with Gasteiger partial charge in [0.15, 0.2) is 5.69 Å². The smallest absolute Gasteiger partial charge is 0.275 e. The van der Waals surface area contributed by atoms with Crippen LogP contribution in [0.3, 0.4) is 0 Å². The number of thiazole rings is 1. The van der Waals surface area contributed by atoms with Gasteiger partial charge in [0.2, 0.25) is 0 Å². The molecule has 1 atom stereocenters. The van der Waals surface area contributed by atoms with E-state index in [1.54, 1.807) is 21.6 Å². The van der Waals surface area contributed by atoms with Crippen molar-refractivity contribution in [3.63, 3.8) is 0 Å². The third kappa shape index (κ3) is 2.60. The van der Waals surface area contributed by atoms with Gasteiger partial charge in [0.05, 0.1) is 10.7 Å². The summed E-state index contributed by atoms with van der Waals surface area (Å²) < 4.78 is 3.75. The number of aryl methyl sites for hydroxylation is 2. The summed E-state index contributed by atoms with van der Waals surface area (Å²) in [7, 11) is 1.83. The highest BCUT2D eigenvalue weighted by molar-refractivity contribution is 7.11. The Bertz CT molecular complexity index is 608. The molecule has 0 N–H and O–H groups in total. The highest BCUT2D eigenvalue weighted by Gasteiger charge is 2.27. The molecule has 1 unspecified atom stereocenters. The van der Waals surface area contributed by atoms with E-state index in [0.29, 0.717) is 18.2 Å². The van der Waals surface area contributed by atoms with Crippen LogP contribution < -0.4 is 0 Å². The van der Waals surface area contributed by atoms with Gasteiger partial charge in [-0.2, -0.15) is 0 Å². The third-order valence-electron chi connectivity index (χ3n) is 3.60. The fourth-order valence-electron chi connectivity index (χ4n) is 2.67. The highest BCUT2D eigenvalue weighted by Crippen LogP contribution is 2.35. The summed E-state index contributed by atoms with van der Waals surface area (Å²) in [6.07, 6.45) is 3.41. The quantitative estimate of drug-likeness (QED) is 0.874. The Morgan fingerprint density at radius 2 is 2.40 bits per heavy atom. The Kier molecular flexibility index (Phi) is 3.80. The molecule has 1 aliphatic rings. The van der Waals surface area contributed by atoms with Crippen molar-refractivity contribution in [1.82, 2.24) is 19.5 Å². The minimum absolute atomic E-state index is 0.0576. The molecule has 0 saturated heterocycles. The molecule has 1 amide bonds. The van der Waals surface area contributed by atoms with Gasteiger partial charge in [-0.25, -0.2) is 4.98 Å². The molecule has 0 spiro atoms. The van der Waals surface area contributed by atoms with E-state index < -0.39 is 0 Å². The van der Waals surface area contributed by atoms with Crippen LogP contribution in [0.2, 0.25) is 0 Å². The van der Waals surface area contributed by atoms with Gasteiger partial charge in [0, 0.05) is 29.8 Å².